The largest absolute Gasteiger partial charge is 0.352 e. The standard InChI is InChI=1S/C15H22N2O2/c1-13(2)10-5-6-14(13,3)12-11(10)17-15(4,19-12)9(7-16)8-18-17/h9-12H,5-6,8H2,1-4H3/t9-,10-,11-,12-,14+,15+/m1/s1. The summed E-state index contributed by atoms with van der Waals surface area (Å²) in [5.74, 6) is 0.436. The molecule has 104 valence electrons. The van der Waals surface area contributed by atoms with Gasteiger partial charge in [0.25, 0.3) is 0 Å². The molecule has 0 amide bonds. The summed E-state index contributed by atoms with van der Waals surface area (Å²) < 4.78 is 6.45. The quantitative estimate of drug-likeness (QED) is 0.672. The van der Waals surface area contributed by atoms with Crippen molar-refractivity contribution in [3.05, 3.63) is 0 Å². The van der Waals surface area contributed by atoms with Crippen LogP contribution in [0.3, 0.4) is 0 Å². The number of hydrogen-bond donors (Lipinski definition) is 0. The van der Waals surface area contributed by atoms with Crippen LogP contribution in [0.2, 0.25) is 0 Å². The molecule has 2 bridgehead atoms. The summed E-state index contributed by atoms with van der Waals surface area (Å²) in [4.78, 5) is 5.87. The second kappa shape index (κ2) is 3.16. The van der Waals surface area contributed by atoms with E-state index >= 15 is 0 Å². The van der Waals surface area contributed by atoms with Gasteiger partial charge in [0.2, 0.25) is 0 Å². The number of hydroxylamine groups is 2. The number of fused-ring (bicyclic) bond motifs is 7. The molecule has 0 aromatic carbocycles. The lowest BCUT2D eigenvalue weighted by Crippen LogP contribution is -2.46. The fourth-order valence-corrected chi connectivity index (χ4v) is 5.26. The SMILES string of the molecule is CC1(C)[C@@H]2CC[C@@]1(C)[C@@H]1O[C@@]3(C)[C@H](C#N)CON3[C@H]21. The Labute approximate surface area is 114 Å². The minimum absolute atomic E-state index is 0.177. The highest BCUT2D eigenvalue weighted by Crippen LogP contribution is 2.71. The van der Waals surface area contributed by atoms with Gasteiger partial charge >= 0.3 is 0 Å². The van der Waals surface area contributed by atoms with E-state index < -0.39 is 5.72 Å². The van der Waals surface area contributed by atoms with Crippen molar-refractivity contribution in [2.45, 2.75) is 58.4 Å². The number of nitrogens with zero attached hydrogens (tertiary/aromatic N) is 2. The van der Waals surface area contributed by atoms with E-state index in [1.807, 2.05) is 12.0 Å². The lowest BCUT2D eigenvalue weighted by molar-refractivity contribution is -0.221. The van der Waals surface area contributed by atoms with Crippen LogP contribution >= 0.6 is 0 Å². The van der Waals surface area contributed by atoms with E-state index in [9.17, 15) is 5.26 Å². The molecule has 0 unspecified atom stereocenters. The van der Waals surface area contributed by atoms with Crippen molar-refractivity contribution >= 4 is 0 Å². The topological polar surface area (TPSA) is 45.5 Å². The van der Waals surface area contributed by atoms with Gasteiger partial charge in [0.05, 0.1) is 24.8 Å². The van der Waals surface area contributed by atoms with E-state index in [0.29, 0.717) is 18.6 Å². The highest BCUT2D eigenvalue weighted by atomic mass is 16.8. The van der Waals surface area contributed by atoms with Gasteiger partial charge in [-0.3, -0.25) is 4.84 Å². The summed E-state index contributed by atoms with van der Waals surface area (Å²) >= 11 is 0. The van der Waals surface area contributed by atoms with Crippen molar-refractivity contribution in [2.24, 2.45) is 22.7 Å². The van der Waals surface area contributed by atoms with Crippen LogP contribution in [0, 0.1) is 34.0 Å². The minimum atomic E-state index is -0.537. The van der Waals surface area contributed by atoms with Crippen LogP contribution in [0.5, 0.6) is 0 Å². The predicted molar refractivity (Wildman–Crippen MR) is 68.6 cm³/mol. The number of ether oxygens (including phenoxy) is 1. The fourth-order valence-electron chi connectivity index (χ4n) is 5.26. The molecule has 6 atom stereocenters. The Hall–Kier alpha value is -0.630. The average Bonchev–Trinajstić information content (AvgIpc) is 2.92. The lowest BCUT2D eigenvalue weighted by atomic mass is 9.70. The third kappa shape index (κ3) is 1.05. The molecule has 4 nitrogen and oxygen atoms in total. The smallest absolute Gasteiger partial charge is 0.160 e. The minimum Gasteiger partial charge on any atom is -0.352 e. The molecule has 2 saturated heterocycles. The maximum atomic E-state index is 9.32. The first kappa shape index (κ1) is 12.1. The molecule has 2 heterocycles. The van der Waals surface area contributed by atoms with Crippen molar-refractivity contribution in [1.29, 1.82) is 5.26 Å². The van der Waals surface area contributed by atoms with Crippen LogP contribution in [-0.4, -0.2) is 29.5 Å². The van der Waals surface area contributed by atoms with Crippen LogP contribution in [0.25, 0.3) is 0 Å². The zero-order valence-electron chi connectivity index (χ0n) is 12.1. The second-order valence-corrected chi connectivity index (χ2v) is 7.67. The van der Waals surface area contributed by atoms with Gasteiger partial charge in [-0.1, -0.05) is 20.8 Å². The van der Waals surface area contributed by atoms with Gasteiger partial charge in [0, 0.05) is 5.41 Å². The van der Waals surface area contributed by atoms with E-state index in [0.717, 1.165) is 0 Å². The second-order valence-electron chi connectivity index (χ2n) is 7.67. The van der Waals surface area contributed by atoms with Crippen LogP contribution in [0.4, 0.5) is 0 Å². The molecule has 19 heavy (non-hydrogen) atoms. The van der Waals surface area contributed by atoms with Gasteiger partial charge in [-0.15, -0.1) is 0 Å². The molecule has 0 spiro atoms. The Kier molecular flexibility index (Phi) is 2.02. The van der Waals surface area contributed by atoms with E-state index in [1.54, 1.807) is 0 Å². The van der Waals surface area contributed by atoms with Crippen LogP contribution in [0.15, 0.2) is 0 Å². The zero-order valence-corrected chi connectivity index (χ0v) is 12.1. The molecule has 4 fully saturated rings. The predicted octanol–water partition coefficient (Wildman–Crippen LogP) is 2.31. The van der Waals surface area contributed by atoms with Crippen molar-refractivity contribution in [3.8, 4) is 6.07 Å². The van der Waals surface area contributed by atoms with Crippen LogP contribution in [0.1, 0.15) is 40.5 Å². The maximum absolute atomic E-state index is 9.32. The van der Waals surface area contributed by atoms with E-state index in [1.165, 1.54) is 12.8 Å². The van der Waals surface area contributed by atoms with Crippen LogP contribution < -0.4 is 0 Å². The third-order valence-corrected chi connectivity index (χ3v) is 6.98. The van der Waals surface area contributed by atoms with Gasteiger partial charge in [0.1, 0.15) is 5.92 Å². The summed E-state index contributed by atoms with van der Waals surface area (Å²) in [6, 6.07) is 2.69. The lowest BCUT2D eigenvalue weighted by Gasteiger charge is -2.40. The van der Waals surface area contributed by atoms with Crippen LogP contribution in [-0.2, 0) is 9.57 Å². The Morgan fingerprint density at radius 3 is 2.68 bits per heavy atom. The number of rotatable bonds is 0. The molecule has 4 aliphatic rings. The molecule has 0 N–H and O–H groups in total. The molecular weight excluding hydrogens is 240 g/mol. The molecular formula is C15H22N2O2. The molecule has 0 aromatic heterocycles. The molecule has 2 aliphatic heterocycles. The summed E-state index contributed by atoms with van der Waals surface area (Å²) in [6.45, 7) is 9.62. The van der Waals surface area contributed by atoms with Gasteiger partial charge in [-0.05, 0) is 31.1 Å². The first-order valence-electron chi connectivity index (χ1n) is 7.36. The monoisotopic (exact) mass is 262 g/mol. The maximum Gasteiger partial charge on any atom is 0.160 e. The van der Waals surface area contributed by atoms with E-state index in [-0.39, 0.29) is 22.9 Å². The first-order valence-corrected chi connectivity index (χ1v) is 7.36. The molecule has 4 rings (SSSR count). The van der Waals surface area contributed by atoms with Gasteiger partial charge in [0.15, 0.2) is 5.72 Å². The van der Waals surface area contributed by atoms with Gasteiger partial charge < -0.3 is 4.74 Å². The average molecular weight is 262 g/mol. The summed E-state index contributed by atoms with van der Waals surface area (Å²) in [6.07, 6.45) is 2.69. The first-order chi connectivity index (χ1) is 8.86. The normalized spacial score (nSPS) is 58.1. The molecule has 2 aliphatic carbocycles. The molecule has 4 heteroatoms. The highest BCUT2D eigenvalue weighted by Gasteiger charge is 2.75. The number of nitriles is 1. The van der Waals surface area contributed by atoms with E-state index in [4.69, 9.17) is 9.57 Å². The van der Waals surface area contributed by atoms with E-state index in [2.05, 4.69) is 26.8 Å². The van der Waals surface area contributed by atoms with Crippen molar-refractivity contribution < 1.29 is 9.57 Å². The number of hydrogen-bond acceptors (Lipinski definition) is 4. The Morgan fingerprint density at radius 1 is 1.26 bits per heavy atom. The highest BCUT2D eigenvalue weighted by molar-refractivity contribution is 5.22. The van der Waals surface area contributed by atoms with Crippen molar-refractivity contribution in [3.63, 3.8) is 0 Å². The Bertz CT molecular complexity index is 485. The van der Waals surface area contributed by atoms with Gasteiger partial charge in [-0.25, -0.2) is 0 Å². The third-order valence-electron chi connectivity index (χ3n) is 6.98. The zero-order chi connectivity index (χ0) is 13.6. The Morgan fingerprint density at radius 2 is 2.00 bits per heavy atom. The summed E-state index contributed by atoms with van der Waals surface area (Å²) in [5.41, 5.74) is -0.0404. The van der Waals surface area contributed by atoms with Crippen molar-refractivity contribution in [2.75, 3.05) is 6.61 Å². The summed E-state index contributed by atoms with van der Waals surface area (Å²) in [7, 11) is 0. The molecule has 2 saturated carbocycles. The summed E-state index contributed by atoms with van der Waals surface area (Å²) in [5, 5.41) is 11.4. The van der Waals surface area contributed by atoms with Crippen molar-refractivity contribution in [1.82, 2.24) is 5.06 Å². The Balaban J connectivity index is 1.79. The van der Waals surface area contributed by atoms with Gasteiger partial charge in [-0.2, -0.15) is 10.3 Å². The molecule has 0 aromatic rings. The molecule has 0 radical (unpaired) electrons. The fraction of sp³-hybridized carbons (Fsp3) is 0.933.